The number of alkyl halides is 6. The maximum Gasteiger partial charge on any atom is 0.416 e. The number of nitrogens with one attached hydrogen (secondary N) is 2. The number of hydrogen-bond donors (Lipinski definition) is 2. The Morgan fingerprint density at radius 3 is 1.26 bits per heavy atom. The van der Waals surface area contributed by atoms with Crippen LogP contribution >= 0.6 is 23.2 Å². The molecule has 21 heteroatoms. The second kappa shape index (κ2) is 15.2. The smallest absolute Gasteiger partial charge is 0.416 e. The van der Waals surface area contributed by atoms with Crippen LogP contribution in [0.5, 0.6) is 11.5 Å². The lowest BCUT2D eigenvalue weighted by molar-refractivity contribution is -0.384. The molecule has 4 rings (SSSR count). The second-order valence-electron chi connectivity index (χ2n) is 10.7. The van der Waals surface area contributed by atoms with Gasteiger partial charge in [0, 0.05) is 36.1 Å². The number of carbonyl (C=O) groups is 2. The normalized spacial score (nSPS) is 11.6. The summed E-state index contributed by atoms with van der Waals surface area (Å²) in [6.45, 7) is 2.62. The van der Waals surface area contributed by atoms with E-state index >= 15 is 8.78 Å². The number of ether oxygens (including phenoxy) is 1. The van der Waals surface area contributed by atoms with E-state index in [4.69, 9.17) is 27.9 Å². The van der Waals surface area contributed by atoms with E-state index in [0.717, 1.165) is 12.1 Å². The molecule has 4 aromatic rings. The van der Waals surface area contributed by atoms with Crippen molar-refractivity contribution in [2.75, 3.05) is 10.6 Å². The van der Waals surface area contributed by atoms with E-state index in [1.54, 1.807) is 0 Å². The fraction of sp³-hybridized carbons (Fsp3) is 0.188. The summed E-state index contributed by atoms with van der Waals surface area (Å²) in [5.41, 5.74) is -10.5. The first-order chi connectivity index (χ1) is 24.6. The van der Waals surface area contributed by atoms with Crippen LogP contribution in [0.4, 0.5) is 57.9 Å². The topological polar surface area (TPSA) is 154 Å². The molecule has 0 aliphatic rings. The van der Waals surface area contributed by atoms with E-state index in [1.165, 1.54) is 13.8 Å². The standard InChI is InChI=1S/C32H20Cl2F8N4O7/c1-3-23(47)43-29-19(45(49)50)5-7-21(27(29)25-15(33)9-13(11-17(25)35)31(37,38)39)53-22-8-6-20(46(51)52)30(44-24(48)4-2)28(22)26-16(34)10-14(12-18(26)36)32(40,41)42/h5-12H,3-4H2,1-2H3,(H,43,47)(H,44,48). The molecule has 4 aromatic carbocycles. The number of anilines is 2. The van der Waals surface area contributed by atoms with Crippen molar-refractivity contribution in [3.05, 3.63) is 102 Å². The monoisotopic (exact) mass is 794 g/mol. The zero-order valence-corrected chi connectivity index (χ0v) is 28.1. The fourth-order valence-corrected chi connectivity index (χ4v) is 5.50. The summed E-state index contributed by atoms with van der Waals surface area (Å²) in [5.74, 6) is -6.91. The maximum atomic E-state index is 15.7. The molecular weight excluding hydrogens is 775 g/mol. The Bertz CT molecular complexity index is 1980. The quantitative estimate of drug-likeness (QED) is 0.0920. The van der Waals surface area contributed by atoms with E-state index in [0.29, 0.717) is 12.1 Å². The first kappa shape index (κ1) is 40.2. The fourth-order valence-electron chi connectivity index (χ4n) is 4.89. The Morgan fingerprint density at radius 2 is 1.00 bits per heavy atom. The van der Waals surface area contributed by atoms with Gasteiger partial charge in [-0.3, -0.25) is 29.8 Å². The molecule has 0 aliphatic heterocycles. The van der Waals surface area contributed by atoms with Crippen molar-refractivity contribution in [3.8, 4) is 33.8 Å². The van der Waals surface area contributed by atoms with Crippen LogP contribution in [0.15, 0.2) is 48.5 Å². The van der Waals surface area contributed by atoms with Gasteiger partial charge >= 0.3 is 12.4 Å². The Morgan fingerprint density at radius 1 is 0.660 bits per heavy atom. The summed E-state index contributed by atoms with van der Waals surface area (Å²) in [5, 5.41) is 26.4. The average molecular weight is 795 g/mol. The van der Waals surface area contributed by atoms with Gasteiger partial charge in [0.15, 0.2) is 0 Å². The van der Waals surface area contributed by atoms with Gasteiger partial charge in [-0.1, -0.05) is 37.0 Å². The molecule has 2 amide bonds. The predicted molar refractivity (Wildman–Crippen MR) is 175 cm³/mol. The molecule has 2 N–H and O–H groups in total. The van der Waals surface area contributed by atoms with Crippen LogP contribution in [-0.2, 0) is 21.9 Å². The number of rotatable bonds is 10. The van der Waals surface area contributed by atoms with Crippen LogP contribution in [0.3, 0.4) is 0 Å². The third-order valence-corrected chi connectivity index (χ3v) is 7.91. The minimum Gasteiger partial charge on any atom is -0.456 e. The Kier molecular flexibility index (Phi) is 11.5. The van der Waals surface area contributed by atoms with Crippen molar-refractivity contribution in [2.24, 2.45) is 0 Å². The number of carbonyl (C=O) groups excluding carboxylic acids is 2. The highest BCUT2D eigenvalue weighted by molar-refractivity contribution is 6.34. The van der Waals surface area contributed by atoms with Crippen molar-refractivity contribution in [1.82, 2.24) is 0 Å². The number of benzene rings is 4. The van der Waals surface area contributed by atoms with Crippen LogP contribution in [0.1, 0.15) is 37.8 Å². The molecule has 0 radical (unpaired) electrons. The van der Waals surface area contributed by atoms with Crippen molar-refractivity contribution in [3.63, 3.8) is 0 Å². The van der Waals surface area contributed by atoms with Gasteiger partial charge in [0.1, 0.15) is 34.5 Å². The summed E-state index contributed by atoms with van der Waals surface area (Å²) in [6, 6.07) is 3.42. The van der Waals surface area contributed by atoms with Crippen LogP contribution in [0, 0.1) is 31.9 Å². The molecule has 11 nitrogen and oxygen atoms in total. The van der Waals surface area contributed by atoms with Gasteiger partial charge in [-0.05, 0) is 36.4 Å². The number of nitro benzene ring substituents is 2. The van der Waals surface area contributed by atoms with Crippen LogP contribution in [0.25, 0.3) is 22.3 Å². The zero-order valence-electron chi connectivity index (χ0n) is 26.6. The van der Waals surface area contributed by atoms with Crippen molar-refractivity contribution in [1.29, 1.82) is 0 Å². The average Bonchev–Trinajstić information content (AvgIpc) is 3.04. The largest absolute Gasteiger partial charge is 0.456 e. The van der Waals surface area contributed by atoms with E-state index in [-0.39, 0.29) is 37.1 Å². The van der Waals surface area contributed by atoms with Gasteiger partial charge in [0.05, 0.1) is 42.1 Å². The molecule has 0 unspecified atom stereocenters. The number of nitro groups is 2. The molecule has 0 aromatic heterocycles. The minimum atomic E-state index is -5.14. The highest BCUT2D eigenvalue weighted by atomic mass is 35.5. The molecule has 53 heavy (non-hydrogen) atoms. The first-order valence-electron chi connectivity index (χ1n) is 14.6. The third-order valence-electron chi connectivity index (χ3n) is 7.31. The lowest BCUT2D eigenvalue weighted by atomic mass is 9.97. The molecule has 280 valence electrons. The highest BCUT2D eigenvalue weighted by Crippen LogP contribution is 2.52. The SMILES string of the molecule is CCC(=O)Nc1c([N+](=O)[O-])ccc(Oc2ccc([N+](=O)[O-])c(NC(=O)CC)c2-c2c(F)cc(C(F)(F)F)cc2Cl)c1-c1c(F)cc(C(F)(F)F)cc1Cl. The number of amides is 2. The first-order valence-corrected chi connectivity index (χ1v) is 15.4. The lowest BCUT2D eigenvalue weighted by Crippen LogP contribution is -2.14. The number of nitrogens with zero attached hydrogens (tertiary/aromatic N) is 2. The highest BCUT2D eigenvalue weighted by Gasteiger charge is 2.37. The Balaban J connectivity index is 2.19. The van der Waals surface area contributed by atoms with Crippen LogP contribution in [0.2, 0.25) is 10.0 Å². The molecule has 0 saturated carbocycles. The summed E-state index contributed by atoms with van der Waals surface area (Å²) < 4.78 is 119. The molecule has 0 atom stereocenters. The van der Waals surface area contributed by atoms with Crippen LogP contribution in [-0.4, -0.2) is 21.7 Å². The Labute approximate surface area is 301 Å². The van der Waals surface area contributed by atoms with Crippen LogP contribution < -0.4 is 15.4 Å². The zero-order chi connectivity index (χ0) is 39.7. The van der Waals surface area contributed by atoms with E-state index in [9.17, 15) is 56.2 Å². The summed E-state index contributed by atoms with van der Waals surface area (Å²) in [4.78, 5) is 47.2. The maximum absolute atomic E-state index is 15.7. The van der Waals surface area contributed by atoms with Gasteiger partial charge in [-0.15, -0.1) is 0 Å². The minimum absolute atomic E-state index is 0.0116. The molecule has 0 saturated heterocycles. The molecule has 0 fully saturated rings. The van der Waals surface area contributed by atoms with Crippen molar-refractivity contribution >= 4 is 57.8 Å². The summed E-state index contributed by atoms with van der Waals surface area (Å²) in [7, 11) is 0. The second-order valence-corrected chi connectivity index (χ2v) is 11.5. The van der Waals surface area contributed by atoms with E-state index in [2.05, 4.69) is 10.6 Å². The lowest BCUT2D eigenvalue weighted by Gasteiger charge is -2.22. The van der Waals surface area contributed by atoms with Gasteiger partial charge in [0.2, 0.25) is 11.8 Å². The summed E-state index contributed by atoms with van der Waals surface area (Å²) >= 11 is 12.3. The van der Waals surface area contributed by atoms with E-state index < -0.39 is 123 Å². The van der Waals surface area contributed by atoms with Gasteiger partial charge in [0.25, 0.3) is 11.4 Å². The molecule has 0 spiro atoms. The molecule has 0 aliphatic carbocycles. The van der Waals surface area contributed by atoms with E-state index in [1.807, 2.05) is 0 Å². The predicted octanol–water partition coefficient (Wildman–Crippen LogP) is 10.9. The van der Waals surface area contributed by atoms with Crippen molar-refractivity contribution < 1.29 is 59.3 Å². The van der Waals surface area contributed by atoms with Gasteiger partial charge in [-0.2, -0.15) is 26.3 Å². The van der Waals surface area contributed by atoms with Gasteiger partial charge in [-0.25, -0.2) is 8.78 Å². The number of hydrogen-bond acceptors (Lipinski definition) is 7. The Hall–Kier alpha value is -5.56. The third kappa shape index (κ3) is 8.41. The summed E-state index contributed by atoms with van der Waals surface area (Å²) in [6.07, 6.45) is -11.0. The van der Waals surface area contributed by atoms with Crippen molar-refractivity contribution in [2.45, 2.75) is 39.0 Å². The molecular formula is C32H20Cl2F8N4O7. The molecule has 0 bridgehead atoms. The number of halogens is 10. The molecule has 0 heterocycles. The van der Waals surface area contributed by atoms with Gasteiger partial charge < -0.3 is 15.4 Å².